The molecule has 1 aromatic carbocycles. The van der Waals surface area contributed by atoms with Crippen molar-refractivity contribution in [1.82, 2.24) is 24.5 Å². The number of imidazole rings is 1. The van der Waals surface area contributed by atoms with Gasteiger partial charge in [-0.15, -0.1) is 12.4 Å². The lowest BCUT2D eigenvalue weighted by Crippen LogP contribution is -2.49. The SMILES string of the molecule is CCNS(=O)(=O)c1cccc(C(=O)N2CCNCC2c2nccn2C)c1.Cl. The van der Waals surface area contributed by atoms with E-state index in [-0.39, 0.29) is 29.3 Å². The Kier molecular flexibility index (Phi) is 6.99. The molecule has 1 unspecified atom stereocenters. The highest BCUT2D eigenvalue weighted by molar-refractivity contribution is 7.89. The van der Waals surface area contributed by atoms with Gasteiger partial charge in [0.05, 0.1) is 4.90 Å². The molecule has 27 heavy (non-hydrogen) atoms. The van der Waals surface area contributed by atoms with E-state index >= 15 is 0 Å². The average molecular weight is 414 g/mol. The van der Waals surface area contributed by atoms with E-state index in [0.29, 0.717) is 31.7 Å². The average Bonchev–Trinajstić information content (AvgIpc) is 3.07. The summed E-state index contributed by atoms with van der Waals surface area (Å²) in [5, 5.41) is 3.29. The molecular formula is C17H24ClN5O3S. The fourth-order valence-corrected chi connectivity index (χ4v) is 4.20. The van der Waals surface area contributed by atoms with Gasteiger partial charge in [-0.3, -0.25) is 4.79 Å². The third-order valence-electron chi connectivity index (χ3n) is 4.39. The van der Waals surface area contributed by atoms with Gasteiger partial charge < -0.3 is 14.8 Å². The molecule has 1 aliphatic rings. The molecule has 0 saturated carbocycles. The van der Waals surface area contributed by atoms with Crippen molar-refractivity contribution in [3.8, 4) is 0 Å². The number of aromatic nitrogens is 2. The van der Waals surface area contributed by atoms with Gasteiger partial charge >= 0.3 is 0 Å². The zero-order chi connectivity index (χ0) is 18.7. The fourth-order valence-electron chi connectivity index (χ4n) is 3.11. The molecule has 1 amide bonds. The van der Waals surface area contributed by atoms with Gasteiger partial charge in [-0.05, 0) is 18.2 Å². The molecule has 0 bridgehead atoms. The van der Waals surface area contributed by atoms with Gasteiger partial charge in [0, 0.05) is 51.2 Å². The topological polar surface area (TPSA) is 96.3 Å². The molecule has 1 aliphatic heterocycles. The monoisotopic (exact) mass is 413 g/mol. The van der Waals surface area contributed by atoms with Crippen molar-refractivity contribution in [2.45, 2.75) is 17.9 Å². The maximum absolute atomic E-state index is 13.1. The molecule has 1 aromatic heterocycles. The van der Waals surface area contributed by atoms with Crippen LogP contribution in [0.3, 0.4) is 0 Å². The number of aryl methyl sites for hydroxylation is 1. The quantitative estimate of drug-likeness (QED) is 0.760. The van der Waals surface area contributed by atoms with Crippen LogP contribution in [0.5, 0.6) is 0 Å². The lowest BCUT2D eigenvalue weighted by molar-refractivity contribution is 0.0620. The van der Waals surface area contributed by atoms with Crippen molar-refractivity contribution in [2.24, 2.45) is 7.05 Å². The molecule has 8 nitrogen and oxygen atoms in total. The number of hydrogen-bond donors (Lipinski definition) is 2. The predicted molar refractivity (Wildman–Crippen MR) is 104 cm³/mol. The summed E-state index contributed by atoms with van der Waals surface area (Å²) >= 11 is 0. The third kappa shape index (κ3) is 4.49. The van der Waals surface area contributed by atoms with Crippen LogP contribution in [0.1, 0.15) is 29.1 Å². The summed E-state index contributed by atoms with van der Waals surface area (Å²) < 4.78 is 28.8. The number of nitrogens with one attached hydrogen (secondary N) is 2. The minimum Gasteiger partial charge on any atom is -0.336 e. The van der Waals surface area contributed by atoms with E-state index < -0.39 is 10.0 Å². The van der Waals surface area contributed by atoms with Crippen LogP contribution in [0.15, 0.2) is 41.6 Å². The maximum Gasteiger partial charge on any atom is 0.254 e. The molecule has 1 fully saturated rings. The first-order chi connectivity index (χ1) is 12.4. The first kappa shape index (κ1) is 21.4. The van der Waals surface area contributed by atoms with Gasteiger partial charge in [0.25, 0.3) is 5.91 Å². The Hall–Kier alpha value is -1.94. The highest BCUT2D eigenvalue weighted by Gasteiger charge is 2.31. The molecule has 2 N–H and O–H groups in total. The Bertz CT molecular complexity index is 899. The number of nitrogens with zero attached hydrogens (tertiary/aromatic N) is 3. The summed E-state index contributed by atoms with van der Waals surface area (Å²) in [6, 6.07) is 5.95. The van der Waals surface area contributed by atoms with E-state index in [4.69, 9.17) is 0 Å². The lowest BCUT2D eigenvalue weighted by Gasteiger charge is -2.35. The van der Waals surface area contributed by atoms with Crippen molar-refractivity contribution in [1.29, 1.82) is 0 Å². The molecule has 10 heteroatoms. The van der Waals surface area contributed by atoms with E-state index in [1.165, 1.54) is 12.1 Å². The van der Waals surface area contributed by atoms with Crippen LogP contribution in [0.4, 0.5) is 0 Å². The van der Waals surface area contributed by atoms with Crippen LogP contribution in [-0.2, 0) is 17.1 Å². The summed E-state index contributed by atoms with van der Waals surface area (Å²) in [6.45, 7) is 3.82. The molecule has 1 atom stereocenters. The minimum absolute atomic E-state index is 0. The van der Waals surface area contributed by atoms with Crippen LogP contribution < -0.4 is 10.0 Å². The number of sulfonamides is 1. The predicted octanol–water partition coefficient (Wildman–Crippen LogP) is 0.927. The summed E-state index contributed by atoms with van der Waals surface area (Å²) in [5.41, 5.74) is 0.352. The van der Waals surface area contributed by atoms with Gasteiger partial charge in [0.2, 0.25) is 10.0 Å². The van der Waals surface area contributed by atoms with Crippen molar-refractivity contribution >= 4 is 28.3 Å². The smallest absolute Gasteiger partial charge is 0.254 e. The van der Waals surface area contributed by atoms with E-state index in [1.54, 1.807) is 30.2 Å². The minimum atomic E-state index is -3.61. The Morgan fingerprint density at radius 3 is 2.85 bits per heavy atom. The molecule has 0 aliphatic carbocycles. The number of amides is 1. The molecule has 2 aromatic rings. The van der Waals surface area contributed by atoms with Gasteiger partial charge in [0.15, 0.2) is 0 Å². The number of carbonyl (C=O) groups excluding carboxylic acids is 1. The van der Waals surface area contributed by atoms with Crippen LogP contribution >= 0.6 is 12.4 Å². The molecule has 3 rings (SSSR count). The summed E-state index contributed by atoms with van der Waals surface area (Å²) in [4.78, 5) is 19.3. The van der Waals surface area contributed by atoms with E-state index in [9.17, 15) is 13.2 Å². The van der Waals surface area contributed by atoms with Gasteiger partial charge in [-0.2, -0.15) is 0 Å². The largest absolute Gasteiger partial charge is 0.336 e. The molecule has 0 spiro atoms. The first-order valence-corrected chi connectivity index (χ1v) is 10.0. The molecule has 2 heterocycles. The number of carbonyl (C=O) groups is 1. The standard InChI is InChI=1S/C17H23N5O3S.ClH/c1-3-20-26(24,25)14-6-4-5-13(11-14)17(23)22-10-7-18-12-15(22)16-19-8-9-21(16)2;/h4-6,8-9,11,15,18,20H,3,7,10,12H2,1-2H3;1H. The molecule has 0 radical (unpaired) electrons. The maximum atomic E-state index is 13.1. The van der Waals surface area contributed by atoms with Crippen molar-refractivity contribution in [3.63, 3.8) is 0 Å². The zero-order valence-electron chi connectivity index (χ0n) is 15.3. The van der Waals surface area contributed by atoms with Crippen molar-refractivity contribution in [2.75, 3.05) is 26.2 Å². The Labute approximate surface area is 165 Å². The normalized spacial score (nSPS) is 17.4. The number of rotatable bonds is 5. The molecule has 1 saturated heterocycles. The molecular weight excluding hydrogens is 390 g/mol. The summed E-state index contributed by atoms with van der Waals surface area (Å²) in [7, 11) is -1.72. The third-order valence-corrected chi connectivity index (χ3v) is 5.93. The fraction of sp³-hybridized carbons (Fsp3) is 0.412. The van der Waals surface area contributed by atoms with Gasteiger partial charge in [-0.1, -0.05) is 13.0 Å². The Balaban J connectivity index is 0.00000261. The van der Waals surface area contributed by atoms with Crippen LogP contribution in [0.25, 0.3) is 0 Å². The first-order valence-electron chi connectivity index (χ1n) is 8.52. The van der Waals surface area contributed by atoms with E-state index in [0.717, 1.165) is 5.82 Å². The second-order valence-corrected chi connectivity index (χ2v) is 7.91. The highest BCUT2D eigenvalue weighted by Crippen LogP contribution is 2.23. The van der Waals surface area contributed by atoms with Crippen LogP contribution in [0.2, 0.25) is 0 Å². The highest BCUT2D eigenvalue weighted by atomic mass is 35.5. The van der Waals surface area contributed by atoms with Crippen LogP contribution in [0, 0.1) is 0 Å². The number of hydrogen-bond acceptors (Lipinski definition) is 5. The zero-order valence-corrected chi connectivity index (χ0v) is 16.9. The lowest BCUT2D eigenvalue weighted by atomic mass is 10.1. The van der Waals surface area contributed by atoms with Crippen molar-refractivity contribution < 1.29 is 13.2 Å². The Morgan fingerprint density at radius 2 is 2.19 bits per heavy atom. The number of benzene rings is 1. The van der Waals surface area contributed by atoms with Gasteiger partial charge in [0.1, 0.15) is 11.9 Å². The van der Waals surface area contributed by atoms with E-state index in [1.807, 2.05) is 17.8 Å². The summed E-state index contributed by atoms with van der Waals surface area (Å²) in [6.07, 6.45) is 3.55. The molecule has 148 valence electrons. The number of piperazine rings is 1. The van der Waals surface area contributed by atoms with Crippen LogP contribution in [-0.4, -0.2) is 55.0 Å². The Morgan fingerprint density at radius 1 is 1.41 bits per heavy atom. The summed E-state index contributed by atoms with van der Waals surface area (Å²) in [5.74, 6) is 0.593. The second-order valence-electron chi connectivity index (χ2n) is 6.14. The van der Waals surface area contributed by atoms with E-state index in [2.05, 4.69) is 15.0 Å². The van der Waals surface area contributed by atoms with Gasteiger partial charge in [-0.25, -0.2) is 18.1 Å². The second kappa shape index (κ2) is 8.83. The van der Waals surface area contributed by atoms with Crippen molar-refractivity contribution in [3.05, 3.63) is 48.0 Å². The number of halogens is 1.